The van der Waals surface area contributed by atoms with Crippen molar-refractivity contribution >= 4 is 11.6 Å². The van der Waals surface area contributed by atoms with Gasteiger partial charge in [0.1, 0.15) is 29.6 Å². The van der Waals surface area contributed by atoms with Crippen LogP contribution in [0, 0.1) is 0 Å². The number of aliphatic hydroxyl groups excluding tert-OH is 1. The summed E-state index contributed by atoms with van der Waals surface area (Å²) >= 11 is 0. The molecule has 0 atom stereocenters. The fourth-order valence-corrected chi connectivity index (χ4v) is 3.26. The van der Waals surface area contributed by atoms with E-state index >= 15 is 0 Å². The molecule has 0 saturated carbocycles. The number of benzene rings is 2. The lowest BCUT2D eigenvalue weighted by atomic mass is 10.0. The van der Waals surface area contributed by atoms with Crippen LogP contribution >= 0.6 is 0 Å². The van der Waals surface area contributed by atoms with Gasteiger partial charge in [-0.2, -0.15) is 0 Å². The maximum atomic E-state index is 12.9. The van der Waals surface area contributed by atoms with Gasteiger partial charge in [0.15, 0.2) is 0 Å². The van der Waals surface area contributed by atoms with E-state index in [2.05, 4.69) is 0 Å². The average Bonchev–Trinajstić information content (AvgIpc) is 2.97. The summed E-state index contributed by atoms with van der Waals surface area (Å²) in [6.07, 6.45) is 0. The van der Waals surface area contributed by atoms with Crippen LogP contribution in [-0.2, 0) is 23.7 Å². The Balaban J connectivity index is 1.64. The molecule has 0 aromatic heterocycles. The minimum atomic E-state index is -0.809. The standard InChI is InChI=1S/C28H38O12/c1-33-24-16-21(15-23(30)19-24)27(31)28(32)22-17-25(34-2)20-26(18-22)40-14-13-39-12-11-38-10-9-37-8-7-36-6-5-35-4-3-29/h15-20,29-30H,3-14H2,1-2H3. The number of methoxy groups -OCH3 is 2. The highest BCUT2D eigenvalue weighted by Crippen LogP contribution is 2.26. The summed E-state index contributed by atoms with van der Waals surface area (Å²) in [4.78, 5) is 25.6. The summed E-state index contributed by atoms with van der Waals surface area (Å²) in [6, 6.07) is 8.39. The summed E-state index contributed by atoms with van der Waals surface area (Å²) in [6.45, 7) is 4.20. The lowest BCUT2D eigenvalue weighted by Crippen LogP contribution is -2.16. The van der Waals surface area contributed by atoms with Gasteiger partial charge in [0.25, 0.3) is 0 Å². The van der Waals surface area contributed by atoms with Gasteiger partial charge in [0, 0.05) is 23.3 Å². The van der Waals surface area contributed by atoms with Gasteiger partial charge >= 0.3 is 0 Å². The molecule has 40 heavy (non-hydrogen) atoms. The van der Waals surface area contributed by atoms with E-state index in [-0.39, 0.29) is 42.4 Å². The van der Waals surface area contributed by atoms with Crippen molar-refractivity contribution in [2.24, 2.45) is 0 Å². The number of ketones is 2. The van der Waals surface area contributed by atoms with E-state index in [1.54, 1.807) is 6.07 Å². The highest BCUT2D eigenvalue weighted by atomic mass is 16.6. The Morgan fingerprint density at radius 3 is 1.43 bits per heavy atom. The first-order chi connectivity index (χ1) is 19.5. The molecule has 0 spiro atoms. The number of Topliss-reactive ketones (excluding diaryl/α,β-unsaturated/α-hetero) is 2. The number of rotatable bonds is 23. The third-order valence-electron chi connectivity index (χ3n) is 5.19. The molecule has 2 aromatic rings. The van der Waals surface area contributed by atoms with Gasteiger partial charge in [-0.05, 0) is 24.3 Å². The normalized spacial score (nSPS) is 10.9. The lowest BCUT2D eigenvalue weighted by Gasteiger charge is -2.11. The van der Waals surface area contributed by atoms with E-state index in [1.807, 2.05) is 0 Å². The Hall–Kier alpha value is -3.26. The maximum Gasteiger partial charge on any atom is 0.233 e. The van der Waals surface area contributed by atoms with Crippen molar-refractivity contribution in [3.05, 3.63) is 47.5 Å². The summed E-state index contributed by atoms with van der Waals surface area (Å²) in [5.41, 5.74) is 0.0805. The number of hydrogen-bond donors (Lipinski definition) is 2. The van der Waals surface area contributed by atoms with Crippen LogP contribution in [0.25, 0.3) is 0 Å². The first-order valence-electron chi connectivity index (χ1n) is 12.8. The van der Waals surface area contributed by atoms with E-state index in [0.717, 1.165) is 0 Å². The molecule has 2 N–H and O–H groups in total. The molecule has 12 heteroatoms. The Bertz CT molecular complexity index is 1030. The molecule has 12 nitrogen and oxygen atoms in total. The predicted molar refractivity (Wildman–Crippen MR) is 143 cm³/mol. The molecule has 2 aromatic carbocycles. The van der Waals surface area contributed by atoms with E-state index in [1.165, 1.54) is 44.6 Å². The predicted octanol–water partition coefficient (Wildman–Crippen LogP) is 1.93. The Morgan fingerprint density at radius 1 is 0.550 bits per heavy atom. The Kier molecular flexibility index (Phi) is 16.3. The molecule has 2 rings (SSSR count). The second-order valence-electron chi connectivity index (χ2n) is 8.11. The molecule has 0 aliphatic carbocycles. The van der Waals surface area contributed by atoms with Gasteiger partial charge in [-0.15, -0.1) is 0 Å². The zero-order valence-electron chi connectivity index (χ0n) is 22.9. The summed E-state index contributed by atoms with van der Waals surface area (Å²) < 4.78 is 42.7. The van der Waals surface area contributed by atoms with Gasteiger partial charge in [-0.1, -0.05) is 0 Å². The molecule has 0 aliphatic heterocycles. The molecule has 0 saturated heterocycles. The van der Waals surface area contributed by atoms with Crippen LogP contribution in [0.3, 0.4) is 0 Å². The SMILES string of the molecule is COc1cc(O)cc(C(=O)C(=O)c2cc(OC)cc(OCCOCCOCCOCCOCCOCCO)c2)c1. The van der Waals surface area contributed by atoms with E-state index in [0.29, 0.717) is 71.0 Å². The van der Waals surface area contributed by atoms with E-state index in [4.69, 9.17) is 43.0 Å². The van der Waals surface area contributed by atoms with Crippen LogP contribution in [0.2, 0.25) is 0 Å². The van der Waals surface area contributed by atoms with Crippen molar-refractivity contribution in [2.45, 2.75) is 0 Å². The van der Waals surface area contributed by atoms with E-state index < -0.39 is 11.6 Å². The lowest BCUT2D eigenvalue weighted by molar-refractivity contribution is -0.0146. The van der Waals surface area contributed by atoms with Crippen LogP contribution < -0.4 is 14.2 Å². The van der Waals surface area contributed by atoms with Crippen molar-refractivity contribution in [1.82, 2.24) is 0 Å². The van der Waals surface area contributed by atoms with Crippen molar-refractivity contribution in [2.75, 3.05) is 93.5 Å². The smallest absolute Gasteiger partial charge is 0.233 e. The van der Waals surface area contributed by atoms with Crippen molar-refractivity contribution < 1.29 is 57.7 Å². The summed E-state index contributed by atoms with van der Waals surface area (Å²) in [5.74, 6) is -0.854. The molecular formula is C28H38O12. The van der Waals surface area contributed by atoms with Crippen LogP contribution in [0.15, 0.2) is 36.4 Å². The quantitative estimate of drug-likeness (QED) is 0.115. The molecule has 0 bridgehead atoms. The number of phenolic OH excluding ortho intramolecular Hbond substituents is 1. The van der Waals surface area contributed by atoms with Gasteiger partial charge in [-0.3, -0.25) is 9.59 Å². The Labute approximate surface area is 233 Å². The molecule has 0 heterocycles. The highest BCUT2D eigenvalue weighted by Gasteiger charge is 2.21. The van der Waals surface area contributed by atoms with Crippen molar-refractivity contribution in [3.8, 4) is 23.0 Å². The van der Waals surface area contributed by atoms with Gasteiger partial charge in [0.05, 0.1) is 86.9 Å². The van der Waals surface area contributed by atoms with Crippen molar-refractivity contribution in [3.63, 3.8) is 0 Å². The maximum absolute atomic E-state index is 12.9. The molecule has 0 unspecified atom stereocenters. The van der Waals surface area contributed by atoms with Gasteiger partial charge in [-0.25, -0.2) is 0 Å². The number of ether oxygens (including phenoxy) is 8. The number of carbonyl (C=O) groups is 2. The first-order valence-corrected chi connectivity index (χ1v) is 12.8. The number of phenols is 1. The molecular weight excluding hydrogens is 528 g/mol. The first kappa shape index (κ1) is 32.9. The topological polar surface area (TPSA) is 148 Å². The van der Waals surface area contributed by atoms with Crippen LogP contribution in [0.1, 0.15) is 20.7 Å². The number of carbonyl (C=O) groups excluding carboxylic acids is 2. The van der Waals surface area contributed by atoms with Crippen LogP contribution in [-0.4, -0.2) is 115 Å². The summed E-state index contributed by atoms with van der Waals surface area (Å²) in [7, 11) is 2.83. The third-order valence-corrected chi connectivity index (χ3v) is 5.19. The fourth-order valence-electron chi connectivity index (χ4n) is 3.26. The van der Waals surface area contributed by atoms with Crippen LogP contribution in [0.4, 0.5) is 0 Å². The second-order valence-corrected chi connectivity index (χ2v) is 8.11. The van der Waals surface area contributed by atoms with Gasteiger partial charge < -0.3 is 48.1 Å². The summed E-state index contributed by atoms with van der Waals surface area (Å²) in [5, 5.41) is 18.4. The number of hydrogen-bond acceptors (Lipinski definition) is 12. The molecule has 0 radical (unpaired) electrons. The Morgan fingerprint density at radius 2 is 0.950 bits per heavy atom. The van der Waals surface area contributed by atoms with Crippen LogP contribution in [0.5, 0.6) is 23.0 Å². The average molecular weight is 567 g/mol. The second kappa shape index (κ2) is 19.7. The number of aliphatic hydroxyl groups is 1. The molecule has 0 amide bonds. The highest BCUT2D eigenvalue weighted by molar-refractivity contribution is 6.49. The molecule has 222 valence electrons. The molecule has 0 aliphatic rings. The third kappa shape index (κ3) is 12.7. The zero-order chi connectivity index (χ0) is 29.0. The number of aromatic hydroxyl groups is 1. The molecule has 0 fully saturated rings. The van der Waals surface area contributed by atoms with Crippen molar-refractivity contribution in [1.29, 1.82) is 0 Å². The minimum absolute atomic E-state index is 0.000118. The van der Waals surface area contributed by atoms with Gasteiger partial charge in [0.2, 0.25) is 11.6 Å². The largest absolute Gasteiger partial charge is 0.508 e. The zero-order valence-corrected chi connectivity index (χ0v) is 22.9. The minimum Gasteiger partial charge on any atom is -0.508 e. The van der Waals surface area contributed by atoms with E-state index in [9.17, 15) is 14.7 Å². The fraction of sp³-hybridized carbons (Fsp3) is 0.500. The monoisotopic (exact) mass is 566 g/mol.